The summed E-state index contributed by atoms with van der Waals surface area (Å²) in [6.07, 6.45) is 4.71. The molecule has 1 aromatic carbocycles. The molecule has 2 atom stereocenters. The molecule has 19 heavy (non-hydrogen) atoms. The van der Waals surface area contributed by atoms with Crippen LogP contribution >= 0.6 is 0 Å². The molecule has 1 saturated carbocycles. The van der Waals surface area contributed by atoms with Gasteiger partial charge in [0.25, 0.3) is 0 Å². The average molecular weight is 267 g/mol. The maximum Gasteiger partial charge on any atom is 0.130 e. The molecule has 1 N–H and O–H groups in total. The Morgan fingerprint density at radius 2 is 2.05 bits per heavy atom. The molecule has 2 unspecified atom stereocenters. The largest absolute Gasteiger partial charge is 0.307 e. The minimum absolute atomic E-state index is 0.0838. The molecule has 0 aliphatic heterocycles. The molecule has 0 saturated heterocycles. The summed E-state index contributed by atoms with van der Waals surface area (Å²) in [4.78, 5) is 0. The standard InChI is InChI=1S/C16H23F2N/c1-11(14-7-6-12(17)9-15(14)18)19-13-5-4-8-16(2,3)10-13/h6-7,9,11,13,19H,4-5,8,10H2,1-3H3. The first kappa shape index (κ1) is 14.4. The molecule has 1 aliphatic rings. The maximum absolute atomic E-state index is 13.7. The Kier molecular flexibility index (Phi) is 4.24. The van der Waals surface area contributed by atoms with Gasteiger partial charge < -0.3 is 5.32 Å². The van der Waals surface area contributed by atoms with E-state index in [1.54, 1.807) is 0 Å². The predicted octanol–water partition coefficient (Wildman–Crippen LogP) is 4.58. The van der Waals surface area contributed by atoms with Gasteiger partial charge in [0.05, 0.1) is 0 Å². The zero-order valence-corrected chi connectivity index (χ0v) is 12.0. The summed E-state index contributed by atoms with van der Waals surface area (Å²) < 4.78 is 26.6. The highest BCUT2D eigenvalue weighted by Gasteiger charge is 2.28. The minimum Gasteiger partial charge on any atom is -0.307 e. The Morgan fingerprint density at radius 3 is 2.68 bits per heavy atom. The Labute approximate surface area is 114 Å². The molecular formula is C16H23F2N. The second-order valence-corrected chi connectivity index (χ2v) is 6.51. The van der Waals surface area contributed by atoms with Crippen molar-refractivity contribution in [2.24, 2.45) is 5.41 Å². The lowest BCUT2D eigenvalue weighted by molar-refractivity contribution is 0.190. The van der Waals surface area contributed by atoms with E-state index < -0.39 is 11.6 Å². The van der Waals surface area contributed by atoms with Crippen LogP contribution < -0.4 is 5.32 Å². The van der Waals surface area contributed by atoms with Crippen molar-refractivity contribution < 1.29 is 8.78 Å². The first-order valence-electron chi connectivity index (χ1n) is 7.08. The third-order valence-corrected chi connectivity index (χ3v) is 4.12. The minimum atomic E-state index is -0.521. The molecular weight excluding hydrogens is 244 g/mol. The lowest BCUT2D eigenvalue weighted by Crippen LogP contribution is -2.38. The van der Waals surface area contributed by atoms with Gasteiger partial charge in [0, 0.05) is 23.7 Å². The highest BCUT2D eigenvalue weighted by molar-refractivity contribution is 5.21. The molecule has 1 aliphatic carbocycles. The third kappa shape index (κ3) is 3.75. The van der Waals surface area contributed by atoms with Crippen molar-refractivity contribution in [3.63, 3.8) is 0 Å². The van der Waals surface area contributed by atoms with Gasteiger partial charge in [0.15, 0.2) is 0 Å². The van der Waals surface area contributed by atoms with Crippen molar-refractivity contribution in [3.8, 4) is 0 Å². The molecule has 0 amide bonds. The summed E-state index contributed by atoms with van der Waals surface area (Å²) in [6.45, 7) is 6.51. The van der Waals surface area contributed by atoms with E-state index in [4.69, 9.17) is 0 Å². The monoisotopic (exact) mass is 267 g/mol. The molecule has 3 heteroatoms. The second-order valence-electron chi connectivity index (χ2n) is 6.51. The predicted molar refractivity (Wildman–Crippen MR) is 73.9 cm³/mol. The Morgan fingerprint density at radius 1 is 1.32 bits per heavy atom. The van der Waals surface area contributed by atoms with E-state index >= 15 is 0 Å². The van der Waals surface area contributed by atoms with E-state index in [0.717, 1.165) is 18.9 Å². The molecule has 0 bridgehead atoms. The van der Waals surface area contributed by atoms with Gasteiger partial charge in [-0.15, -0.1) is 0 Å². The van der Waals surface area contributed by atoms with Crippen molar-refractivity contribution in [2.75, 3.05) is 0 Å². The molecule has 1 nitrogen and oxygen atoms in total. The highest BCUT2D eigenvalue weighted by atomic mass is 19.1. The van der Waals surface area contributed by atoms with Crippen molar-refractivity contribution in [2.45, 2.75) is 58.5 Å². The number of benzene rings is 1. The Bertz CT molecular complexity index is 442. The van der Waals surface area contributed by atoms with Crippen LogP contribution in [0.15, 0.2) is 18.2 Å². The number of nitrogens with one attached hydrogen (secondary N) is 1. The molecule has 0 aromatic heterocycles. The summed E-state index contributed by atoms with van der Waals surface area (Å²) in [5.74, 6) is -0.984. The third-order valence-electron chi connectivity index (χ3n) is 4.12. The zero-order valence-electron chi connectivity index (χ0n) is 12.0. The van der Waals surface area contributed by atoms with Crippen molar-refractivity contribution in [3.05, 3.63) is 35.4 Å². The van der Waals surface area contributed by atoms with Crippen molar-refractivity contribution >= 4 is 0 Å². The number of halogens is 2. The van der Waals surface area contributed by atoms with Crippen LogP contribution in [0.2, 0.25) is 0 Å². The van der Waals surface area contributed by atoms with Crippen molar-refractivity contribution in [1.82, 2.24) is 5.32 Å². The number of rotatable bonds is 3. The summed E-state index contributed by atoms with van der Waals surface area (Å²) in [6, 6.07) is 4.15. The molecule has 2 rings (SSSR count). The highest BCUT2D eigenvalue weighted by Crippen LogP contribution is 2.36. The van der Waals surface area contributed by atoms with E-state index in [2.05, 4.69) is 19.2 Å². The fourth-order valence-electron chi connectivity index (χ4n) is 3.14. The van der Waals surface area contributed by atoms with Gasteiger partial charge in [-0.3, -0.25) is 0 Å². The smallest absolute Gasteiger partial charge is 0.130 e. The van der Waals surface area contributed by atoms with E-state index in [-0.39, 0.29) is 6.04 Å². The quantitative estimate of drug-likeness (QED) is 0.845. The van der Waals surface area contributed by atoms with Crippen LogP contribution in [0.4, 0.5) is 8.78 Å². The summed E-state index contributed by atoms with van der Waals surface area (Å²) in [5.41, 5.74) is 0.904. The van der Waals surface area contributed by atoms with Crippen LogP contribution in [0.1, 0.15) is 58.1 Å². The fourth-order valence-corrected chi connectivity index (χ4v) is 3.14. The lowest BCUT2D eigenvalue weighted by atomic mass is 9.75. The number of hydrogen-bond acceptors (Lipinski definition) is 1. The van der Waals surface area contributed by atoms with Gasteiger partial charge in [-0.25, -0.2) is 8.78 Å². The van der Waals surface area contributed by atoms with E-state index in [1.807, 2.05) is 6.92 Å². The fraction of sp³-hybridized carbons (Fsp3) is 0.625. The van der Waals surface area contributed by atoms with Crippen molar-refractivity contribution in [1.29, 1.82) is 0 Å². The average Bonchev–Trinajstić information content (AvgIpc) is 2.27. The lowest BCUT2D eigenvalue weighted by Gasteiger charge is -2.37. The van der Waals surface area contributed by atoms with Crippen LogP contribution in [0.5, 0.6) is 0 Å². The topological polar surface area (TPSA) is 12.0 Å². The molecule has 106 valence electrons. The second kappa shape index (κ2) is 5.58. The van der Waals surface area contributed by atoms with Crippen LogP contribution in [0.25, 0.3) is 0 Å². The van der Waals surface area contributed by atoms with Crippen LogP contribution in [0.3, 0.4) is 0 Å². The molecule has 0 spiro atoms. The van der Waals surface area contributed by atoms with Crippen LogP contribution in [-0.2, 0) is 0 Å². The van der Waals surface area contributed by atoms with E-state index in [1.165, 1.54) is 25.0 Å². The molecule has 1 aromatic rings. The zero-order chi connectivity index (χ0) is 14.0. The van der Waals surface area contributed by atoms with Gasteiger partial charge in [-0.1, -0.05) is 26.3 Å². The normalized spacial score (nSPS) is 24.2. The van der Waals surface area contributed by atoms with Gasteiger partial charge in [0.1, 0.15) is 11.6 Å². The first-order chi connectivity index (χ1) is 8.87. The van der Waals surface area contributed by atoms with Gasteiger partial charge >= 0.3 is 0 Å². The molecule has 0 radical (unpaired) electrons. The summed E-state index contributed by atoms with van der Waals surface area (Å²) >= 11 is 0. The van der Waals surface area contributed by atoms with Crippen LogP contribution in [0, 0.1) is 17.0 Å². The Hall–Kier alpha value is -0.960. The maximum atomic E-state index is 13.7. The summed E-state index contributed by atoms with van der Waals surface area (Å²) in [5, 5.41) is 3.49. The van der Waals surface area contributed by atoms with E-state index in [0.29, 0.717) is 17.0 Å². The van der Waals surface area contributed by atoms with Gasteiger partial charge in [-0.05, 0) is 37.7 Å². The summed E-state index contributed by atoms with van der Waals surface area (Å²) in [7, 11) is 0. The molecule has 0 heterocycles. The van der Waals surface area contributed by atoms with Gasteiger partial charge in [0.2, 0.25) is 0 Å². The van der Waals surface area contributed by atoms with E-state index in [9.17, 15) is 8.78 Å². The number of hydrogen-bond donors (Lipinski definition) is 1. The molecule has 1 fully saturated rings. The first-order valence-corrected chi connectivity index (χ1v) is 7.08. The van der Waals surface area contributed by atoms with Gasteiger partial charge in [-0.2, -0.15) is 0 Å². The SMILES string of the molecule is CC(NC1CCCC(C)(C)C1)c1ccc(F)cc1F. The van der Waals surface area contributed by atoms with Crippen LogP contribution in [-0.4, -0.2) is 6.04 Å². The Balaban J connectivity index is 2.02.